The Hall–Kier alpha value is -1.52. The molecule has 0 fully saturated rings. The van der Waals surface area contributed by atoms with Crippen molar-refractivity contribution in [1.29, 1.82) is 0 Å². The summed E-state index contributed by atoms with van der Waals surface area (Å²) in [6.45, 7) is 6.40. The predicted molar refractivity (Wildman–Crippen MR) is 86.1 cm³/mol. The number of benzene rings is 1. The van der Waals surface area contributed by atoms with E-state index >= 15 is 0 Å². The van der Waals surface area contributed by atoms with E-state index in [0.717, 1.165) is 5.69 Å². The monoisotopic (exact) mass is 326 g/mol. The highest BCUT2D eigenvalue weighted by molar-refractivity contribution is 7.59. The lowest BCUT2D eigenvalue weighted by atomic mass is 10.1. The van der Waals surface area contributed by atoms with Crippen molar-refractivity contribution < 1.29 is 18.6 Å². The van der Waals surface area contributed by atoms with Crippen LogP contribution in [0.3, 0.4) is 0 Å². The van der Waals surface area contributed by atoms with Crippen LogP contribution >= 0.6 is 7.67 Å². The number of ether oxygens (including phenoxy) is 1. The lowest BCUT2D eigenvalue weighted by Gasteiger charge is -2.27. The number of hydrogen-bond donors (Lipinski definition) is 1. The summed E-state index contributed by atoms with van der Waals surface area (Å²) in [6, 6.07) is 6.66. The van der Waals surface area contributed by atoms with Gasteiger partial charge >= 0.3 is 13.6 Å². The van der Waals surface area contributed by atoms with Crippen molar-refractivity contribution in [2.75, 3.05) is 18.3 Å². The number of fused-ring (bicyclic) bond motifs is 1. The van der Waals surface area contributed by atoms with Gasteiger partial charge in [0.1, 0.15) is 6.04 Å². The molecule has 0 radical (unpaired) electrons. The molecule has 1 aliphatic heterocycles. The van der Waals surface area contributed by atoms with E-state index in [1.807, 2.05) is 39.0 Å². The molecule has 22 heavy (non-hydrogen) atoms. The number of methoxy groups -OCH3 is 1. The summed E-state index contributed by atoms with van der Waals surface area (Å²) in [4.78, 5) is 12.0. The van der Waals surface area contributed by atoms with Gasteiger partial charge in [-0.25, -0.2) is 9.65 Å². The summed E-state index contributed by atoms with van der Waals surface area (Å²) in [7, 11) is -2.03. The Morgan fingerprint density at radius 1 is 1.41 bits per heavy atom. The molecule has 7 heteroatoms. The van der Waals surface area contributed by atoms with Gasteiger partial charge in [0.05, 0.1) is 12.8 Å². The number of esters is 1. The second-order valence-corrected chi connectivity index (χ2v) is 7.59. The summed E-state index contributed by atoms with van der Waals surface area (Å²) >= 11 is 0. The second-order valence-electron chi connectivity index (χ2n) is 5.63. The largest absolute Gasteiger partial charge is 0.468 e. The first-order valence-corrected chi connectivity index (χ1v) is 9.01. The number of nitrogens with zero attached hydrogens (tertiary/aromatic N) is 1. The standard InChI is InChI=1S/C15H23N2O4P/c1-5-17-13-8-6-7-9-14(13)21-22(17,19)16-12(10-11(2)3)15(18)20-4/h6-9,11-12H,5,10H2,1-4H3,(H,16,19)/t12-,22+/m1/s1. The molecule has 0 aromatic heterocycles. The van der Waals surface area contributed by atoms with Gasteiger partial charge in [0, 0.05) is 6.54 Å². The molecule has 1 aromatic rings. The molecule has 0 amide bonds. The van der Waals surface area contributed by atoms with Gasteiger partial charge in [0.2, 0.25) is 0 Å². The van der Waals surface area contributed by atoms with E-state index in [1.165, 1.54) is 7.11 Å². The smallest absolute Gasteiger partial charge is 0.420 e. The average Bonchev–Trinajstić information content (AvgIpc) is 2.76. The summed E-state index contributed by atoms with van der Waals surface area (Å²) in [6.07, 6.45) is 0.522. The van der Waals surface area contributed by atoms with E-state index in [1.54, 1.807) is 10.7 Å². The Labute approximate surface area is 131 Å². The van der Waals surface area contributed by atoms with Crippen molar-refractivity contribution in [3.8, 4) is 5.75 Å². The average molecular weight is 326 g/mol. The molecule has 1 N–H and O–H groups in total. The molecule has 6 nitrogen and oxygen atoms in total. The minimum atomic E-state index is -3.36. The Bertz CT molecular complexity index is 591. The lowest BCUT2D eigenvalue weighted by Crippen LogP contribution is -2.40. The van der Waals surface area contributed by atoms with Crippen LogP contribution in [0.5, 0.6) is 5.75 Å². The van der Waals surface area contributed by atoms with E-state index < -0.39 is 19.7 Å². The first kappa shape index (κ1) is 16.8. The maximum atomic E-state index is 13.2. The van der Waals surface area contributed by atoms with E-state index in [9.17, 15) is 9.36 Å². The van der Waals surface area contributed by atoms with Crippen LogP contribution in [0.1, 0.15) is 27.2 Å². The van der Waals surface area contributed by atoms with Crippen molar-refractivity contribution in [2.24, 2.45) is 5.92 Å². The normalized spacial score (nSPS) is 21.4. The van der Waals surface area contributed by atoms with Gasteiger partial charge < -0.3 is 9.26 Å². The zero-order chi connectivity index (χ0) is 16.3. The van der Waals surface area contributed by atoms with Crippen LogP contribution in [0.2, 0.25) is 0 Å². The van der Waals surface area contributed by atoms with Gasteiger partial charge in [-0.05, 0) is 31.4 Å². The Morgan fingerprint density at radius 3 is 2.68 bits per heavy atom. The Morgan fingerprint density at radius 2 is 2.09 bits per heavy atom. The van der Waals surface area contributed by atoms with E-state index in [0.29, 0.717) is 18.7 Å². The number of rotatable bonds is 6. The summed E-state index contributed by atoms with van der Waals surface area (Å²) in [5.41, 5.74) is 0.772. The summed E-state index contributed by atoms with van der Waals surface area (Å²) < 4.78 is 25.4. The van der Waals surface area contributed by atoms with Crippen LogP contribution in [0.25, 0.3) is 0 Å². The van der Waals surface area contributed by atoms with Crippen LogP contribution in [0.15, 0.2) is 24.3 Å². The van der Waals surface area contributed by atoms with Crippen molar-refractivity contribution in [3.05, 3.63) is 24.3 Å². The first-order chi connectivity index (χ1) is 10.4. The van der Waals surface area contributed by atoms with E-state index in [4.69, 9.17) is 9.26 Å². The lowest BCUT2D eigenvalue weighted by molar-refractivity contribution is -0.143. The third kappa shape index (κ3) is 3.28. The van der Waals surface area contributed by atoms with Gasteiger partial charge in [0.15, 0.2) is 5.75 Å². The fourth-order valence-electron chi connectivity index (χ4n) is 2.54. The number of para-hydroxylation sites is 2. The molecular formula is C15H23N2O4P. The van der Waals surface area contributed by atoms with E-state index in [-0.39, 0.29) is 5.92 Å². The Kier molecular flexibility index (Phi) is 5.14. The van der Waals surface area contributed by atoms with Crippen molar-refractivity contribution >= 4 is 19.3 Å². The quantitative estimate of drug-likeness (QED) is 0.640. The molecular weight excluding hydrogens is 303 g/mol. The maximum Gasteiger partial charge on any atom is 0.420 e. The minimum absolute atomic E-state index is 0.253. The molecule has 0 aliphatic carbocycles. The van der Waals surface area contributed by atoms with Gasteiger partial charge in [-0.15, -0.1) is 0 Å². The van der Waals surface area contributed by atoms with Crippen molar-refractivity contribution in [1.82, 2.24) is 5.09 Å². The Balaban J connectivity index is 2.26. The molecule has 1 aromatic carbocycles. The molecule has 122 valence electrons. The number of nitrogens with one attached hydrogen (secondary N) is 1. The summed E-state index contributed by atoms with van der Waals surface area (Å²) in [5.74, 6) is 0.385. The fraction of sp³-hybridized carbons (Fsp3) is 0.533. The van der Waals surface area contributed by atoms with Crippen molar-refractivity contribution in [3.63, 3.8) is 0 Å². The van der Waals surface area contributed by atoms with Crippen molar-refractivity contribution in [2.45, 2.75) is 33.2 Å². The topological polar surface area (TPSA) is 67.9 Å². The third-order valence-electron chi connectivity index (χ3n) is 3.49. The van der Waals surface area contributed by atoms with E-state index in [2.05, 4.69) is 5.09 Å². The van der Waals surface area contributed by atoms with Crippen LogP contribution in [-0.4, -0.2) is 25.7 Å². The van der Waals surface area contributed by atoms with Crippen LogP contribution < -0.4 is 14.3 Å². The minimum Gasteiger partial charge on any atom is -0.468 e. The van der Waals surface area contributed by atoms with Crippen LogP contribution in [0, 0.1) is 5.92 Å². The van der Waals surface area contributed by atoms with Gasteiger partial charge in [-0.2, -0.15) is 0 Å². The molecule has 0 saturated heterocycles. The first-order valence-electron chi connectivity index (χ1n) is 7.43. The molecule has 0 unspecified atom stereocenters. The third-order valence-corrected chi connectivity index (χ3v) is 5.71. The molecule has 1 aliphatic rings. The number of carbonyl (C=O) groups is 1. The van der Waals surface area contributed by atoms with Gasteiger partial charge in [-0.3, -0.25) is 9.46 Å². The van der Waals surface area contributed by atoms with Crippen LogP contribution in [-0.2, 0) is 14.1 Å². The molecule has 2 atom stereocenters. The molecule has 0 spiro atoms. The predicted octanol–water partition coefficient (Wildman–Crippen LogP) is 3.19. The molecule has 2 rings (SSSR count). The maximum absolute atomic E-state index is 13.2. The van der Waals surface area contributed by atoms with Gasteiger partial charge in [-0.1, -0.05) is 26.0 Å². The zero-order valence-corrected chi connectivity index (χ0v) is 14.3. The SMILES string of the molecule is CCN1c2ccccc2O[P@@]1(=O)N[C@H](CC(C)C)C(=O)OC. The summed E-state index contributed by atoms with van der Waals surface area (Å²) in [5, 5.41) is 2.91. The molecule has 1 heterocycles. The van der Waals surface area contributed by atoms with Crippen LogP contribution in [0.4, 0.5) is 5.69 Å². The molecule has 0 saturated carbocycles. The highest BCUT2D eigenvalue weighted by Crippen LogP contribution is 2.59. The highest BCUT2D eigenvalue weighted by atomic mass is 31.2. The highest BCUT2D eigenvalue weighted by Gasteiger charge is 2.44. The fourth-order valence-corrected chi connectivity index (χ4v) is 4.67. The number of anilines is 1. The molecule has 0 bridgehead atoms. The zero-order valence-electron chi connectivity index (χ0n) is 13.4. The number of carbonyl (C=O) groups excluding carboxylic acids is 1. The van der Waals surface area contributed by atoms with Gasteiger partial charge in [0.25, 0.3) is 0 Å². The number of hydrogen-bond acceptors (Lipinski definition) is 4. The second kappa shape index (κ2) is 6.71.